The van der Waals surface area contributed by atoms with Crippen molar-refractivity contribution in [3.05, 3.63) is 12.2 Å². The molecule has 0 radical (unpaired) electrons. The predicted molar refractivity (Wildman–Crippen MR) is 138 cm³/mol. The molecule has 0 amide bonds. The average Bonchev–Trinajstić information content (AvgIpc) is 3.18. The first kappa shape index (κ1) is 28.4. The van der Waals surface area contributed by atoms with Crippen molar-refractivity contribution in [3.8, 4) is 0 Å². The van der Waals surface area contributed by atoms with Crippen LogP contribution in [0.2, 0.25) is 0 Å². The number of hydrogen-bond acceptors (Lipinski definition) is 2. The molecule has 2 unspecified atom stereocenters. The first-order chi connectivity index (χ1) is 15.3. The van der Waals surface area contributed by atoms with E-state index in [9.17, 15) is 5.11 Å². The van der Waals surface area contributed by atoms with Gasteiger partial charge < -0.3 is 5.11 Å². The molecule has 0 aliphatic carbocycles. The molecule has 1 aliphatic rings. The van der Waals surface area contributed by atoms with Gasteiger partial charge in [-0.2, -0.15) is 0 Å². The fourth-order valence-corrected chi connectivity index (χ4v) is 4.97. The van der Waals surface area contributed by atoms with Crippen LogP contribution < -0.4 is 0 Å². The number of allylic oxidation sites excluding steroid dienone is 2. The number of nitrogens with zero attached hydrogens (tertiary/aromatic N) is 2. The highest BCUT2D eigenvalue weighted by Crippen LogP contribution is 2.24. The van der Waals surface area contributed by atoms with Crippen molar-refractivity contribution in [2.75, 3.05) is 26.2 Å². The van der Waals surface area contributed by atoms with Gasteiger partial charge in [0.1, 0.15) is 13.1 Å². The summed E-state index contributed by atoms with van der Waals surface area (Å²) in [5.74, 6) is 0. The molecule has 31 heavy (non-hydrogen) atoms. The Morgan fingerprint density at radius 3 is 1.81 bits per heavy atom. The first-order valence-electron chi connectivity index (χ1n) is 13.9. The number of aliphatic hydroxyl groups excluding tert-OH is 1. The van der Waals surface area contributed by atoms with E-state index in [1.165, 1.54) is 116 Å². The van der Waals surface area contributed by atoms with Crippen molar-refractivity contribution in [2.24, 2.45) is 4.99 Å². The lowest BCUT2D eigenvalue weighted by Crippen LogP contribution is -2.53. The molecule has 1 heterocycles. The summed E-state index contributed by atoms with van der Waals surface area (Å²) < 4.78 is 0.979. The van der Waals surface area contributed by atoms with E-state index in [0.717, 1.165) is 24.1 Å². The average molecular weight is 436 g/mol. The summed E-state index contributed by atoms with van der Waals surface area (Å²) in [5.41, 5.74) is 0. The van der Waals surface area contributed by atoms with Crippen LogP contribution >= 0.6 is 0 Å². The zero-order chi connectivity index (χ0) is 22.5. The molecule has 0 aromatic carbocycles. The molecule has 2 atom stereocenters. The summed E-state index contributed by atoms with van der Waals surface area (Å²) in [6.07, 6.45) is 32.0. The maximum atomic E-state index is 9.40. The number of aliphatic hydroxyl groups is 1. The van der Waals surface area contributed by atoms with Crippen LogP contribution in [0.5, 0.6) is 0 Å². The molecule has 0 saturated carbocycles. The highest BCUT2D eigenvalue weighted by atomic mass is 16.3. The molecular formula is C28H55N2O+. The number of aliphatic imine (C=N–C) groups is 1. The van der Waals surface area contributed by atoms with Crippen molar-refractivity contribution in [2.45, 2.75) is 136 Å². The van der Waals surface area contributed by atoms with E-state index in [1.54, 1.807) is 0 Å². The van der Waals surface area contributed by atoms with Crippen molar-refractivity contribution in [1.29, 1.82) is 0 Å². The highest BCUT2D eigenvalue weighted by Gasteiger charge is 2.36. The zero-order valence-electron chi connectivity index (χ0n) is 21.2. The van der Waals surface area contributed by atoms with E-state index in [4.69, 9.17) is 4.99 Å². The Labute approximate surface area is 195 Å². The molecule has 0 aromatic heterocycles. The van der Waals surface area contributed by atoms with Gasteiger partial charge in [-0.15, -0.1) is 0 Å². The van der Waals surface area contributed by atoms with E-state index in [0.29, 0.717) is 6.17 Å². The minimum atomic E-state index is 0.282. The predicted octanol–water partition coefficient (Wildman–Crippen LogP) is 7.82. The van der Waals surface area contributed by atoms with Gasteiger partial charge in [-0.25, -0.2) is 4.99 Å². The van der Waals surface area contributed by atoms with Crippen molar-refractivity contribution in [3.63, 3.8) is 0 Å². The quantitative estimate of drug-likeness (QED) is 0.105. The molecule has 0 saturated heterocycles. The second-order valence-electron chi connectivity index (χ2n) is 9.76. The van der Waals surface area contributed by atoms with E-state index in [1.807, 2.05) is 0 Å². The summed E-state index contributed by atoms with van der Waals surface area (Å²) in [6.45, 7) is 7.74. The van der Waals surface area contributed by atoms with Gasteiger partial charge in [0.25, 0.3) is 0 Å². The smallest absolute Gasteiger partial charge is 0.182 e. The van der Waals surface area contributed by atoms with Gasteiger partial charge >= 0.3 is 0 Å². The van der Waals surface area contributed by atoms with Gasteiger partial charge in [0.05, 0.1) is 19.4 Å². The lowest BCUT2D eigenvalue weighted by molar-refractivity contribution is -0.936. The lowest BCUT2D eigenvalue weighted by Gasteiger charge is -2.37. The van der Waals surface area contributed by atoms with E-state index < -0.39 is 0 Å². The summed E-state index contributed by atoms with van der Waals surface area (Å²) in [5, 5.41) is 9.40. The molecule has 0 aromatic rings. The van der Waals surface area contributed by atoms with Crippen molar-refractivity contribution in [1.82, 2.24) is 0 Å². The third-order valence-corrected chi connectivity index (χ3v) is 7.25. The van der Waals surface area contributed by atoms with Crippen LogP contribution in [0.15, 0.2) is 17.1 Å². The van der Waals surface area contributed by atoms with Crippen LogP contribution in [-0.2, 0) is 0 Å². The molecule has 1 aliphatic heterocycles. The Morgan fingerprint density at radius 1 is 0.774 bits per heavy atom. The fraction of sp³-hybridized carbons (Fsp3) is 0.893. The Balaban J connectivity index is 1.82. The van der Waals surface area contributed by atoms with Crippen LogP contribution in [0.25, 0.3) is 0 Å². The van der Waals surface area contributed by atoms with Crippen LogP contribution in [0.4, 0.5) is 0 Å². The monoisotopic (exact) mass is 435 g/mol. The Hall–Kier alpha value is -0.670. The molecule has 3 nitrogen and oxygen atoms in total. The second-order valence-corrected chi connectivity index (χ2v) is 9.76. The molecular weight excluding hydrogens is 380 g/mol. The maximum Gasteiger partial charge on any atom is 0.182 e. The van der Waals surface area contributed by atoms with E-state index in [-0.39, 0.29) is 6.61 Å². The van der Waals surface area contributed by atoms with Crippen LogP contribution in [0.3, 0.4) is 0 Å². The SMILES string of the molecule is CCCC/C=C/CCCCCCCCCCCCCCCC1N=CC[N+]1(CC)CCO. The number of unbranched alkanes of at least 4 members (excludes halogenated alkanes) is 15. The van der Waals surface area contributed by atoms with Gasteiger partial charge in [0.2, 0.25) is 0 Å². The van der Waals surface area contributed by atoms with E-state index >= 15 is 0 Å². The summed E-state index contributed by atoms with van der Waals surface area (Å²) in [6, 6.07) is 0. The molecule has 1 N–H and O–H groups in total. The normalized spacial score (nSPS) is 20.9. The van der Waals surface area contributed by atoms with Crippen LogP contribution in [0, 0.1) is 0 Å². The largest absolute Gasteiger partial charge is 0.391 e. The number of likely N-dealkylation sites (N-methyl/N-ethyl adjacent to an activating group) is 1. The molecule has 3 heteroatoms. The van der Waals surface area contributed by atoms with Crippen LogP contribution in [-0.4, -0.2) is 48.2 Å². The number of rotatable bonds is 22. The Kier molecular flexibility index (Phi) is 18.3. The molecule has 0 spiro atoms. The molecule has 1 rings (SSSR count). The Morgan fingerprint density at radius 2 is 1.29 bits per heavy atom. The standard InChI is InChI=1S/C28H55N2O/c1-3-5-6-7-8-9-10-11-12-13-14-15-16-17-18-19-20-21-22-23-28-29-24-25-30(28,4-2)26-27-31/h7-8,24,28,31H,3-6,9-23,25-27H2,1-2H3/q+1/b8-7+. The topological polar surface area (TPSA) is 32.6 Å². The van der Waals surface area contributed by atoms with Gasteiger partial charge in [-0.3, -0.25) is 4.48 Å². The second kappa shape index (κ2) is 20.0. The zero-order valence-corrected chi connectivity index (χ0v) is 21.2. The molecule has 182 valence electrons. The van der Waals surface area contributed by atoms with Gasteiger partial charge in [-0.05, 0) is 32.6 Å². The molecule has 0 bridgehead atoms. The minimum Gasteiger partial charge on any atom is -0.391 e. The third kappa shape index (κ3) is 13.5. The van der Waals surface area contributed by atoms with Gasteiger partial charge in [0, 0.05) is 6.42 Å². The van der Waals surface area contributed by atoms with Crippen LogP contribution in [0.1, 0.15) is 129 Å². The first-order valence-corrected chi connectivity index (χ1v) is 13.9. The summed E-state index contributed by atoms with van der Waals surface area (Å²) in [7, 11) is 0. The number of quaternary nitrogens is 1. The maximum absolute atomic E-state index is 9.40. The number of hydrogen-bond donors (Lipinski definition) is 1. The Bertz CT molecular complexity index is 448. The third-order valence-electron chi connectivity index (χ3n) is 7.25. The summed E-state index contributed by atoms with van der Waals surface area (Å²) in [4.78, 5) is 4.73. The lowest BCUT2D eigenvalue weighted by atomic mass is 10.0. The fourth-order valence-electron chi connectivity index (χ4n) is 4.97. The van der Waals surface area contributed by atoms with Gasteiger partial charge in [-0.1, -0.05) is 103 Å². The van der Waals surface area contributed by atoms with Crippen molar-refractivity contribution < 1.29 is 9.59 Å². The van der Waals surface area contributed by atoms with Gasteiger partial charge in [0.15, 0.2) is 6.17 Å². The van der Waals surface area contributed by atoms with Crippen molar-refractivity contribution >= 4 is 6.21 Å². The highest BCUT2D eigenvalue weighted by molar-refractivity contribution is 5.60. The van der Waals surface area contributed by atoms with E-state index in [2.05, 4.69) is 32.2 Å². The molecule has 0 fully saturated rings. The minimum absolute atomic E-state index is 0.282. The summed E-state index contributed by atoms with van der Waals surface area (Å²) >= 11 is 0.